The SMILES string of the molecule is CCCC(CCC)C(=O)O.CCCC(CCC)C(=O)O.CCCC(CCC)C(=O)O.CCCC(CCC)C(=O)O.N[C@@H](CCC(=O)O)C(=O)O.N[C@@H](CCC(=O)O)C(=O)O.N[C@@H](CCC(=O)O)C(=O)O.N[C@@H](CCC(=O)O)C(=O)O. The summed E-state index contributed by atoms with van der Waals surface area (Å²) < 4.78 is 0. The van der Waals surface area contributed by atoms with Gasteiger partial charge in [-0.1, -0.05) is 107 Å². The lowest BCUT2D eigenvalue weighted by Crippen LogP contribution is -2.30. The Morgan fingerprint density at radius 1 is 0.225 bits per heavy atom. The number of hydrogen-bond donors (Lipinski definition) is 16. The molecule has 20 N–H and O–H groups in total. The van der Waals surface area contributed by atoms with Crippen LogP contribution in [-0.2, 0) is 57.5 Å². The molecule has 0 spiro atoms. The molecule has 0 radical (unpaired) electrons. The minimum Gasteiger partial charge on any atom is -0.481 e. The fourth-order valence-corrected chi connectivity index (χ4v) is 5.96. The van der Waals surface area contributed by atoms with Gasteiger partial charge in [0.2, 0.25) is 0 Å². The summed E-state index contributed by atoms with van der Waals surface area (Å²) >= 11 is 0. The highest BCUT2D eigenvalue weighted by Gasteiger charge is 2.18. The highest BCUT2D eigenvalue weighted by atomic mass is 16.4. The van der Waals surface area contributed by atoms with Crippen LogP contribution in [0.4, 0.5) is 0 Å². The smallest absolute Gasteiger partial charge is 0.320 e. The molecule has 0 unspecified atom stereocenters. The minimum absolute atomic E-state index is 0.0231. The van der Waals surface area contributed by atoms with E-state index in [1.54, 1.807) is 0 Å². The number of hydrogen-bond acceptors (Lipinski definition) is 16. The Hall–Kier alpha value is -6.52. The van der Waals surface area contributed by atoms with Crippen molar-refractivity contribution >= 4 is 71.6 Å². The Labute approximate surface area is 469 Å². The molecule has 0 fully saturated rings. The standard InChI is InChI=1S/4C8H16O2.4C5H9NO4/c4*1-3-5-7(6-4-2)8(9)10;4*6-3(5(9)10)1-2-4(7)8/h4*7H,3-6H2,1-2H3,(H,9,10);4*3H,1-2,6H2,(H,7,8)(H,9,10)/t;;;;4*3-/m....0000/s1. The molecular formula is C52H100N4O24. The van der Waals surface area contributed by atoms with Crippen molar-refractivity contribution in [2.45, 2.75) is 234 Å². The quantitative estimate of drug-likeness (QED) is 0.0332. The first-order valence-corrected chi connectivity index (χ1v) is 26.7. The summed E-state index contributed by atoms with van der Waals surface area (Å²) in [5, 5.41) is 99.6. The second-order valence-corrected chi connectivity index (χ2v) is 18.0. The molecule has 28 nitrogen and oxygen atoms in total. The fourth-order valence-electron chi connectivity index (χ4n) is 5.96. The summed E-state index contributed by atoms with van der Waals surface area (Å²) in [5.41, 5.74) is 20.0. The van der Waals surface area contributed by atoms with E-state index >= 15 is 0 Å². The third-order valence-electron chi connectivity index (χ3n) is 10.4. The number of nitrogens with two attached hydrogens (primary N) is 4. The van der Waals surface area contributed by atoms with E-state index in [1.807, 2.05) is 55.4 Å². The summed E-state index contributed by atoms with van der Waals surface area (Å²) in [5.74, 6) is -11.7. The molecule has 0 aromatic rings. The molecule has 0 bridgehead atoms. The van der Waals surface area contributed by atoms with Gasteiger partial charge in [-0.3, -0.25) is 57.5 Å². The van der Waals surface area contributed by atoms with Crippen LogP contribution in [0.1, 0.15) is 209 Å². The van der Waals surface area contributed by atoms with Gasteiger partial charge >= 0.3 is 71.6 Å². The average Bonchev–Trinajstić information content (AvgIpc) is 3.36. The van der Waals surface area contributed by atoms with E-state index in [2.05, 4.69) is 0 Å². The summed E-state index contributed by atoms with van der Waals surface area (Å²) in [6.45, 7) is 16.2. The number of carboxylic acid groups (broad SMARTS) is 12. The summed E-state index contributed by atoms with van der Waals surface area (Å²) in [6, 6.07) is -4.24. The van der Waals surface area contributed by atoms with Crippen molar-refractivity contribution in [2.24, 2.45) is 46.6 Å². The maximum atomic E-state index is 10.5. The van der Waals surface area contributed by atoms with Gasteiger partial charge in [-0.05, 0) is 77.0 Å². The number of aliphatic carboxylic acids is 12. The van der Waals surface area contributed by atoms with Gasteiger partial charge in [-0.2, -0.15) is 0 Å². The molecule has 0 aliphatic carbocycles. The van der Waals surface area contributed by atoms with Crippen LogP contribution in [0.3, 0.4) is 0 Å². The topological polar surface area (TPSA) is 552 Å². The first kappa shape index (κ1) is 90.0. The van der Waals surface area contributed by atoms with E-state index in [4.69, 9.17) is 84.2 Å². The van der Waals surface area contributed by atoms with Crippen molar-refractivity contribution in [2.75, 3.05) is 0 Å². The third kappa shape index (κ3) is 73.6. The van der Waals surface area contributed by atoms with Crippen LogP contribution in [0.5, 0.6) is 0 Å². The van der Waals surface area contributed by atoms with Crippen molar-refractivity contribution in [3.8, 4) is 0 Å². The first-order valence-electron chi connectivity index (χ1n) is 26.7. The zero-order valence-electron chi connectivity index (χ0n) is 48.2. The predicted molar refractivity (Wildman–Crippen MR) is 294 cm³/mol. The van der Waals surface area contributed by atoms with Crippen molar-refractivity contribution < 1.29 is 119 Å². The van der Waals surface area contributed by atoms with E-state index in [0.717, 1.165) is 103 Å². The molecular weight excluding hydrogens is 1060 g/mol. The van der Waals surface area contributed by atoms with Gasteiger partial charge in [-0.15, -0.1) is 0 Å². The lowest BCUT2D eigenvalue weighted by molar-refractivity contribution is -0.143. The van der Waals surface area contributed by atoms with E-state index < -0.39 is 95.8 Å². The van der Waals surface area contributed by atoms with Crippen LogP contribution < -0.4 is 22.9 Å². The van der Waals surface area contributed by atoms with Crippen LogP contribution in [0.15, 0.2) is 0 Å². The predicted octanol–water partition coefficient (Wildman–Crippen LogP) is 6.20. The van der Waals surface area contributed by atoms with Gasteiger partial charge in [0.05, 0.1) is 23.7 Å². The van der Waals surface area contributed by atoms with E-state index in [0.29, 0.717) is 0 Å². The molecule has 0 heterocycles. The first-order chi connectivity index (χ1) is 37.0. The molecule has 80 heavy (non-hydrogen) atoms. The molecule has 472 valence electrons. The van der Waals surface area contributed by atoms with E-state index in [-0.39, 0.29) is 75.0 Å². The fraction of sp³-hybridized carbons (Fsp3) is 0.769. The maximum absolute atomic E-state index is 10.5. The average molecular weight is 1170 g/mol. The normalized spacial score (nSPS) is 11.4. The highest BCUT2D eigenvalue weighted by Crippen LogP contribution is 2.15. The second kappa shape index (κ2) is 61.7. The molecule has 0 amide bonds. The van der Waals surface area contributed by atoms with Crippen molar-refractivity contribution in [1.82, 2.24) is 0 Å². The number of carbonyl (C=O) groups is 12. The summed E-state index contributed by atoms with van der Waals surface area (Å²) in [4.78, 5) is 121. The Kier molecular flexibility index (Phi) is 69.4. The molecule has 0 aliphatic rings. The van der Waals surface area contributed by atoms with Crippen molar-refractivity contribution in [1.29, 1.82) is 0 Å². The van der Waals surface area contributed by atoms with Crippen molar-refractivity contribution in [3.05, 3.63) is 0 Å². The molecule has 0 saturated heterocycles. The molecule has 0 aromatic heterocycles. The molecule has 4 atom stereocenters. The third-order valence-corrected chi connectivity index (χ3v) is 10.4. The lowest BCUT2D eigenvalue weighted by Gasteiger charge is -2.07. The van der Waals surface area contributed by atoms with Crippen LogP contribution in [0.25, 0.3) is 0 Å². The number of rotatable bonds is 36. The Bertz CT molecular complexity index is 1440. The Morgan fingerprint density at radius 2 is 0.338 bits per heavy atom. The molecule has 0 aromatic carbocycles. The van der Waals surface area contributed by atoms with Gasteiger partial charge in [-0.25, -0.2) is 0 Å². The van der Waals surface area contributed by atoms with Crippen LogP contribution in [0.2, 0.25) is 0 Å². The molecule has 0 rings (SSSR count). The lowest BCUT2D eigenvalue weighted by atomic mass is 9.99. The maximum Gasteiger partial charge on any atom is 0.320 e. The van der Waals surface area contributed by atoms with Gasteiger partial charge < -0.3 is 84.2 Å². The van der Waals surface area contributed by atoms with Gasteiger partial charge in [0.15, 0.2) is 0 Å². The summed E-state index contributed by atoms with van der Waals surface area (Å²) in [7, 11) is 0. The second-order valence-electron chi connectivity index (χ2n) is 18.0. The monoisotopic (exact) mass is 1160 g/mol. The summed E-state index contributed by atoms with van der Waals surface area (Å²) in [6.07, 6.45) is 13.4. The minimum atomic E-state index is -1.17. The Morgan fingerprint density at radius 3 is 0.400 bits per heavy atom. The molecule has 0 aliphatic heterocycles. The molecule has 28 heteroatoms. The zero-order valence-corrected chi connectivity index (χ0v) is 48.2. The van der Waals surface area contributed by atoms with Gasteiger partial charge in [0, 0.05) is 25.7 Å². The molecule has 0 saturated carbocycles. The number of carboxylic acids is 12. The van der Waals surface area contributed by atoms with Gasteiger partial charge in [0.1, 0.15) is 24.2 Å². The van der Waals surface area contributed by atoms with Crippen LogP contribution in [-0.4, -0.2) is 157 Å². The van der Waals surface area contributed by atoms with E-state index in [1.165, 1.54) is 0 Å². The van der Waals surface area contributed by atoms with E-state index in [9.17, 15) is 57.5 Å². The van der Waals surface area contributed by atoms with Crippen LogP contribution >= 0.6 is 0 Å². The van der Waals surface area contributed by atoms with Crippen LogP contribution in [0, 0.1) is 23.7 Å². The van der Waals surface area contributed by atoms with Crippen molar-refractivity contribution in [3.63, 3.8) is 0 Å². The largest absolute Gasteiger partial charge is 0.481 e. The van der Waals surface area contributed by atoms with Gasteiger partial charge in [0.25, 0.3) is 0 Å². The zero-order chi connectivity index (χ0) is 64.5. The Balaban J connectivity index is -0.000000123. The highest BCUT2D eigenvalue weighted by molar-refractivity contribution is 5.76.